The van der Waals surface area contributed by atoms with Gasteiger partial charge in [0.1, 0.15) is 11.9 Å². The van der Waals surface area contributed by atoms with E-state index in [0.717, 1.165) is 25.7 Å². The van der Waals surface area contributed by atoms with E-state index in [4.69, 9.17) is 9.47 Å². The van der Waals surface area contributed by atoms with Crippen LogP contribution in [0.3, 0.4) is 0 Å². The summed E-state index contributed by atoms with van der Waals surface area (Å²) in [5.41, 5.74) is 1.57. The van der Waals surface area contributed by atoms with Crippen LogP contribution >= 0.6 is 11.3 Å². The van der Waals surface area contributed by atoms with Crippen LogP contribution in [0.25, 0.3) is 10.1 Å². The van der Waals surface area contributed by atoms with E-state index in [9.17, 15) is 9.59 Å². The molecule has 1 fully saturated rings. The Morgan fingerprint density at radius 3 is 2.55 bits per heavy atom. The van der Waals surface area contributed by atoms with Crippen LogP contribution in [0.4, 0.5) is 4.79 Å². The Labute approximate surface area is 198 Å². The van der Waals surface area contributed by atoms with Crippen LogP contribution < -0.4 is 15.4 Å². The lowest BCUT2D eigenvalue weighted by atomic mass is 9.68. The van der Waals surface area contributed by atoms with Gasteiger partial charge in [0.05, 0.1) is 12.7 Å². The van der Waals surface area contributed by atoms with Crippen LogP contribution in [0.2, 0.25) is 0 Å². The Hall–Kier alpha value is -3.06. The summed E-state index contributed by atoms with van der Waals surface area (Å²) in [5, 5.41) is 9.35. The zero-order valence-electron chi connectivity index (χ0n) is 19.1. The second-order valence-electron chi connectivity index (χ2n) is 8.44. The van der Waals surface area contributed by atoms with E-state index in [0.29, 0.717) is 24.4 Å². The molecule has 33 heavy (non-hydrogen) atoms. The lowest BCUT2D eigenvalue weighted by molar-refractivity contribution is 0.0570. The maximum atomic E-state index is 13.1. The molecule has 1 heterocycles. The largest absolute Gasteiger partial charge is 0.496 e. The molecule has 0 radical (unpaired) electrons. The molecule has 0 spiro atoms. The molecule has 174 valence electrons. The van der Waals surface area contributed by atoms with E-state index in [1.807, 2.05) is 19.1 Å². The first kappa shape index (κ1) is 23.1. The molecule has 1 aromatic heterocycles. The van der Waals surface area contributed by atoms with Gasteiger partial charge in [-0.25, -0.2) is 4.79 Å². The Balaban J connectivity index is 1.57. The highest BCUT2D eigenvalue weighted by Crippen LogP contribution is 2.44. The van der Waals surface area contributed by atoms with Crippen molar-refractivity contribution in [3.8, 4) is 5.75 Å². The summed E-state index contributed by atoms with van der Waals surface area (Å²) >= 11 is 1.73. The third kappa shape index (κ3) is 4.98. The molecule has 2 N–H and O–H groups in total. The Kier molecular flexibility index (Phi) is 7.18. The molecule has 0 unspecified atom stereocenters. The third-order valence-corrected chi connectivity index (χ3v) is 7.44. The first-order valence-corrected chi connectivity index (χ1v) is 12.3. The summed E-state index contributed by atoms with van der Waals surface area (Å²) in [6.45, 7) is 2.93. The molecule has 7 heteroatoms. The number of thiophene rings is 1. The maximum absolute atomic E-state index is 13.1. The number of carbonyl (C=O) groups is 2. The van der Waals surface area contributed by atoms with Crippen LogP contribution in [0.15, 0.2) is 53.9 Å². The lowest BCUT2D eigenvalue weighted by Crippen LogP contribution is -2.45. The molecule has 6 nitrogen and oxygen atoms in total. The number of hydrogen-bond acceptors (Lipinski definition) is 5. The van der Waals surface area contributed by atoms with Crippen molar-refractivity contribution in [2.75, 3.05) is 20.2 Å². The van der Waals surface area contributed by atoms with Crippen molar-refractivity contribution in [1.29, 1.82) is 0 Å². The number of alkyl carbamates (subject to hydrolysis) is 1. The highest BCUT2D eigenvalue weighted by molar-refractivity contribution is 7.17. The number of para-hydroxylation sites is 1. The molecular weight excluding hydrogens is 436 g/mol. The fraction of sp³-hybridized carbons (Fsp3) is 0.385. The average Bonchev–Trinajstić information content (AvgIpc) is 3.28. The minimum absolute atomic E-state index is 0.112. The molecule has 1 aliphatic rings. The van der Waals surface area contributed by atoms with Crippen molar-refractivity contribution >= 4 is 33.4 Å². The van der Waals surface area contributed by atoms with Gasteiger partial charge in [0.25, 0.3) is 5.91 Å². The number of rotatable bonds is 7. The minimum atomic E-state index is -0.361. The van der Waals surface area contributed by atoms with E-state index < -0.39 is 0 Å². The Morgan fingerprint density at radius 2 is 1.79 bits per heavy atom. The molecule has 1 aliphatic carbocycles. The molecule has 3 aromatic rings. The van der Waals surface area contributed by atoms with E-state index in [1.165, 1.54) is 15.6 Å². The van der Waals surface area contributed by atoms with Crippen LogP contribution in [-0.2, 0) is 10.2 Å². The number of ether oxygens (including phenoxy) is 2. The van der Waals surface area contributed by atoms with Gasteiger partial charge in [-0.3, -0.25) is 4.79 Å². The average molecular weight is 467 g/mol. The van der Waals surface area contributed by atoms with Crippen molar-refractivity contribution in [2.24, 2.45) is 0 Å². The third-order valence-electron chi connectivity index (χ3n) is 6.48. The summed E-state index contributed by atoms with van der Waals surface area (Å²) in [4.78, 5) is 25.0. The minimum Gasteiger partial charge on any atom is -0.496 e. The predicted molar refractivity (Wildman–Crippen MR) is 131 cm³/mol. The summed E-state index contributed by atoms with van der Waals surface area (Å²) in [7, 11) is 1.57. The standard InChI is InChI=1S/C26H30N2O4S/c1-3-27-25(30)32-18-12-14-26(15-13-18,21-16-33-23-11-7-5-8-19(21)23)17-28-24(29)20-9-4-6-10-22(20)31-2/h4-11,16,18H,3,12-15,17H2,1-2H3,(H,27,30)(H,28,29)/t18-,26+. The number of methoxy groups -OCH3 is 1. The molecule has 2 amide bonds. The summed E-state index contributed by atoms with van der Waals surface area (Å²) < 4.78 is 12.2. The van der Waals surface area contributed by atoms with Gasteiger partial charge in [-0.1, -0.05) is 30.3 Å². The van der Waals surface area contributed by atoms with Gasteiger partial charge in [-0.15, -0.1) is 11.3 Å². The van der Waals surface area contributed by atoms with Gasteiger partial charge in [-0.05, 0) is 67.1 Å². The van der Waals surface area contributed by atoms with E-state index >= 15 is 0 Å². The van der Waals surface area contributed by atoms with Crippen molar-refractivity contribution in [3.05, 3.63) is 65.0 Å². The molecular formula is C26H30N2O4S. The predicted octanol–water partition coefficient (Wildman–Crippen LogP) is 5.27. The van der Waals surface area contributed by atoms with Crippen LogP contribution in [0.5, 0.6) is 5.75 Å². The SMILES string of the molecule is CCNC(=O)O[C@H]1CC[C@@](CNC(=O)c2ccccc2OC)(c2csc3ccccc32)CC1. The second kappa shape index (κ2) is 10.3. The maximum Gasteiger partial charge on any atom is 0.407 e. The van der Waals surface area contributed by atoms with E-state index in [1.54, 1.807) is 30.6 Å². The summed E-state index contributed by atoms with van der Waals surface area (Å²) in [5.74, 6) is 0.413. The Morgan fingerprint density at radius 1 is 1.06 bits per heavy atom. The van der Waals surface area contributed by atoms with E-state index in [2.05, 4.69) is 40.3 Å². The van der Waals surface area contributed by atoms with Crippen molar-refractivity contribution in [2.45, 2.75) is 44.1 Å². The van der Waals surface area contributed by atoms with Crippen LogP contribution in [0.1, 0.15) is 48.5 Å². The number of carbonyl (C=O) groups excluding carboxylic acids is 2. The number of fused-ring (bicyclic) bond motifs is 1. The number of benzene rings is 2. The highest BCUT2D eigenvalue weighted by Gasteiger charge is 2.40. The van der Waals surface area contributed by atoms with E-state index in [-0.39, 0.29) is 23.5 Å². The van der Waals surface area contributed by atoms with Gasteiger partial charge in [-0.2, -0.15) is 0 Å². The molecule has 0 atom stereocenters. The molecule has 0 aliphatic heterocycles. The van der Waals surface area contributed by atoms with Crippen LogP contribution in [-0.4, -0.2) is 38.3 Å². The first-order valence-electron chi connectivity index (χ1n) is 11.4. The smallest absolute Gasteiger partial charge is 0.407 e. The van der Waals surface area contributed by atoms with Crippen molar-refractivity contribution in [3.63, 3.8) is 0 Å². The fourth-order valence-corrected chi connectivity index (χ4v) is 5.79. The number of nitrogens with one attached hydrogen (secondary N) is 2. The normalized spacial score (nSPS) is 20.2. The van der Waals surface area contributed by atoms with Crippen molar-refractivity contribution in [1.82, 2.24) is 10.6 Å². The lowest BCUT2D eigenvalue weighted by Gasteiger charge is -2.40. The topological polar surface area (TPSA) is 76.7 Å². The van der Waals surface area contributed by atoms with Crippen molar-refractivity contribution < 1.29 is 19.1 Å². The zero-order chi connectivity index (χ0) is 23.3. The van der Waals surface area contributed by atoms with Crippen LogP contribution in [0, 0.1) is 0 Å². The monoisotopic (exact) mass is 466 g/mol. The Bertz CT molecular complexity index is 1120. The van der Waals surface area contributed by atoms with Gasteiger partial charge in [0.15, 0.2) is 0 Å². The molecule has 1 saturated carbocycles. The number of hydrogen-bond donors (Lipinski definition) is 2. The fourth-order valence-electron chi connectivity index (χ4n) is 4.71. The quantitative estimate of drug-likeness (QED) is 0.498. The number of amides is 2. The van der Waals surface area contributed by atoms with Gasteiger partial charge < -0.3 is 20.1 Å². The molecule has 2 aromatic carbocycles. The second-order valence-corrected chi connectivity index (χ2v) is 9.36. The molecule has 4 rings (SSSR count). The summed E-state index contributed by atoms with van der Waals surface area (Å²) in [6.07, 6.45) is 2.69. The first-order chi connectivity index (χ1) is 16.1. The van der Waals surface area contributed by atoms with Gasteiger partial charge in [0, 0.05) is 23.2 Å². The zero-order valence-corrected chi connectivity index (χ0v) is 19.9. The highest BCUT2D eigenvalue weighted by atomic mass is 32.1. The van der Waals surface area contributed by atoms with Gasteiger partial charge in [0.2, 0.25) is 0 Å². The summed E-state index contributed by atoms with van der Waals surface area (Å²) in [6, 6.07) is 15.7. The van der Waals surface area contributed by atoms with Gasteiger partial charge >= 0.3 is 6.09 Å². The molecule has 0 bridgehead atoms. The molecule has 0 saturated heterocycles.